The first-order valence-electron chi connectivity index (χ1n) is 4.05. The number of benzene rings is 1. The fourth-order valence-corrected chi connectivity index (χ4v) is 1.39. The molecule has 0 saturated heterocycles. The number of nitriles is 1. The Labute approximate surface area is 86.0 Å². The lowest BCUT2D eigenvalue weighted by molar-refractivity contribution is 1.24. The molecule has 0 aliphatic rings. The summed E-state index contributed by atoms with van der Waals surface area (Å²) in [5.74, 6) is 0. The first-order chi connectivity index (χ1) is 6.70. The van der Waals surface area contributed by atoms with Crippen LogP contribution in [0.4, 0.5) is 0 Å². The molecule has 0 aliphatic heterocycles. The molecular formula is C10H6ClN3. The first kappa shape index (κ1) is 8.92. The van der Waals surface area contributed by atoms with E-state index in [1.807, 2.05) is 31.2 Å². The van der Waals surface area contributed by atoms with Crippen molar-refractivity contribution in [2.24, 2.45) is 0 Å². The molecule has 0 aliphatic carbocycles. The molecule has 0 radical (unpaired) electrons. The highest BCUT2D eigenvalue weighted by Gasteiger charge is 2.05. The van der Waals surface area contributed by atoms with Crippen molar-refractivity contribution < 1.29 is 0 Å². The summed E-state index contributed by atoms with van der Waals surface area (Å²) in [7, 11) is 0. The molecule has 0 unspecified atom stereocenters. The molecule has 0 atom stereocenters. The van der Waals surface area contributed by atoms with Crippen LogP contribution in [0.5, 0.6) is 0 Å². The number of hydrogen-bond donors (Lipinski definition) is 0. The average molecular weight is 204 g/mol. The zero-order chi connectivity index (χ0) is 10.1. The fraction of sp³-hybridized carbons (Fsp3) is 0.100. The van der Waals surface area contributed by atoms with E-state index in [0.717, 1.165) is 5.56 Å². The summed E-state index contributed by atoms with van der Waals surface area (Å²) < 4.78 is 0. The van der Waals surface area contributed by atoms with Crippen LogP contribution >= 0.6 is 11.6 Å². The first-order valence-corrected chi connectivity index (χ1v) is 4.42. The highest BCUT2D eigenvalue weighted by Crippen LogP contribution is 2.17. The van der Waals surface area contributed by atoms with E-state index < -0.39 is 0 Å². The van der Waals surface area contributed by atoms with Crippen molar-refractivity contribution in [1.29, 1.82) is 5.26 Å². The van der Waals surface area contributed by atoms with Crippen LogP contribution in [0.15, 0.2) is 18.2 Å². The summed E-state index contributed by atoms with van der Waals surface area (Å²) in [4.78, 5) is 8.17. The summed E-state index contributed by atoms with van der Waals surface area (Å²) in [5, 5.41) is 8.85. The molecule has 14 heavy (non-hydrogen) atoms. The van der Waals surface area contributed by atoms with Crippen LogP contribution in [-0.4, -0.2) is 9.97 Å². The number of aromatic nitrogens is 2. The number of rotatable bonds is 0. The molecule has 1 aromatic carbocycles. The molecule has 4 heteroatoms. The van der Waals surface area contributed by atoms with Gasteiger partial charge in [-0.15, -0.1) is 0 Å². The van der Waals surface area contributed by atoms with E-state index >= 15 is 0 Å². The third-order valence-corrected chi connectivity index (χ3v) is 2.15. The van der Waals surface area contributed by atoms with Gasteiger partial charge in [0.1, 0.15) is 6.07 Å². The van der Waals surface area contributed by atoms with Gasteiger partial charge in [-0.1, -0.05) is 17.7 Å². The Balaban J connectivity index is 2.81. The number of fused-ring (bicyclic) bond motifs is 1. The third-order valence-electron chi connectivity index (χ3n) is 1.88. The van der Waals surface area contributed by atoms with Crippen LogP contribution in [0.3, 0.4) is 0 Å². The summed E-state index contributed by atoms with van der Waals surface area (Å²) in [6.45, 7) is 1.97. The van der Waals surface area contributed by atoms with Gasteiger partial charge < -0.3 is 0 Å². The van der Waals surface area contributed by atoms with Crippen molar-refractivity contribution >= 4 is 22.6 Å². The summed E-state index contributed by atoms with van der Waals surface area (Å²) >= 11 is 5.76. The molecule has 3 nitrogen and oxygen atoms in total. The van der Waals surface area contributed by atoms with Crippen LogP contribution in [-0.2, 0) is 0 Å². The van der Waals surface area contributed by atoms with Gasteiger partial charge in [0.25, 0.3) is 0 Å². The topological polar surface area (TPSA) is 49.6 Å². The lowest BCUT2D eigenvalue weighted by Gasteiger charge is -1.99. The van der Waals surface area contributed by atoms with Crippen molar-refractivity contribution in [1.82, 2.24) is 9.97 Å². The molecule has 0 spiro atoms. The smallest absolute Gasteiger partial charge is 0.178 e. The van der Waals surface area contributed by atoms with Gasteiger partial charge in [-0.2, -0.15) is 5.26 Å². The highest BCUT2D eigenvalue weighted by molar-refractivity contribution is 6.30. The van der Waals surface area contributed by atoms with E-state index in [4.69, 9.17) is 16.9 Å². The lowest BCUT2D eigenvalue weighted by atomic mass is 10.2. The maximum atomic E-state index is 8.70. The van der Waals surface area contributed by atoms with Crippen LogP contribution in [0.25, 0.3) is 11.0 Å². The predicted octanol–water partition coefficient (Wildman–Crippen LogP) is 2.46. The molecule has 2 rings (SSSR count). The molecule has 0 amide bonds. The van der Waals surface area contributed by atoms with Gasteiger partial charge in [-0.3, -0.25) is 0 Å². The zero-order valence-corrected chi connectivity index (χ0v) is 8.21. The molecule has 0 fully saturated rings. The molecule has 1 aromatic heterocycles. The van der Waals surface area contributed by atoms with Crippen LogP contribution in [0.1, 0.15) is 11.3 Å². The standard InChI is InChI=1S/C10H6ClN3/c1-6-2-3-7-8(4-6)14-10(11)9(5-12)13-7/h2-4H,1H3. The Morgan fingerprint density at radius 1 is 1.29 bits per heavy atom. The largest absolute Gasteiger partial charge is 0.232 e. The molecular weight excluding hydrogens is 198 g/mol. The van der Waals surface area contributed by atoms with Gasteiger partial charge in [-0.05, 0) is 24.6 Å². The fourth-order valence-electron chi connectivity index (χ4n) is 1.21. The molecule has 0 saturated carbocycles. The number of aryl methyl sites for hydroxylation is 1. The van der Waals surface area contributed by atoms with Gasteiger partial charge in [0.15, 0.2) is 10.8 Å². The molecule has 0 N–H and O–H groups in total. The van der Waals surface area contributed by atoms with E-state index in [1.54, 1.807) is 0 Å². The highest BCUT2D eigenvalue weighted by atomic mass is 35.5. The van der Waals surface area contributed by atoms with Gasteiger partial charge in [0.2, 0.25) is 0 Å². The Morgan fingerprint density at radius 2 is 2.07 bits per heavy atom. The number of nitrogens with zero attached hydrogens (tertiary/aromatic N) is 3. The third kappa shape index (κ3) is 1.40. The minimum Gasteiger partial charge on any atom is -0.232 e. The number of hydrogen-bond acceptors (Lipinski definition) is 3. The van der Waals surface area contributed by atoms with Crippen LogP contribution in [0, 0.1) is 18.3 Å². The van der Waals surface area contributed by atoms with Crippen LogP contribution < -0.4 is 0 Å². The molecule has 0 bridgehead atoms. The van der Waals surface area contributed by atoms with Crippen molar-refractivity contribution in [2.75, 3.05) is 0 Å². The van der Waals surface area contributed by atoms with Crippen molar-refractivity contribution in [3.8, 4) is 6.07 Å². The second kappa shape index (κ2) is 3.24. The monoisotopic (exact) mass is 203 g/mol. The Hall–Kier alpha value is -1.66. The zero-order valence-electron chi connectivity index (χ0n) is 7.45. The van der Waals surface area contributed by atoms with Crippen LogP contribution in [0.2, 0.25) is 5.15 Å². The van der Waals surface area contributed by atoms with E-state index in [9.17, 15) is 0 Å². The van der Waals surface area contributed by atoms with Gasteiger partial charge >= 0.3 is 0 Å². The normalized spacial score (nSPS) is 10.1. The minimum atomic E-state index is 0.158. The maximum absolute atomic E-state index is 8.70. The maximum Gasteiger partial charge on any atom is 0.178 e. The van der Waals surface area contributed by atoms with Crippen molar-refractivity contribution in [2.45, 2.75) is 6.92 Å². The summed E-state index contributed by atoms with van der Waals surface area (Å²) in [5.41, 5.74) is 2.67. The second-order valence-corrected chi connectivity index (χ2v) is 3.33. The van der Waals surface area contributed by atoms with Gasteiger partial charge in [0.05, 0.1) is 11.0 Å². The van der Waals surface area contributed by atoms with Gasteiger partial charge in [-0.25, -0.2) is 9.97 Å². The molecule has 1 heterocycles. The van der Waals surface area contributed by atoms with E-state index in [-0.39, 0.29) is 10.8 Å². The lowest BCUT2D eigenvalue weighted by Crippen LogP contribution is -1.91. The SMILES string of the molecule is Cc1ccc2nc(C#N)c(Cl)nc2c1. The van der Waals surface area contributed by atoms with E-state index in [0.29, 0.717) is 11.0 Å². The quantitative estimate of drug-likeness (QED) is 0.661. The summed E-state index contributed by atoms with van der Waals surface area (Å²) in [6, 6.07) is 7.53. The molecule has 2 aromatic rings. The predicted molar refractivity (Wildman–Crippen MR) is 54.0 cm³/mol. The Morgan fingerprint density at radius 3 is 2.79 bits per heavy atom. The van der Waals surface area contributed by atoms with Crippen molar-refractivity contribution in [3.63, 3.8) is 0 Å². The Bertz CT molecular complexity index is 543. The minimum absolute atomic E-state index is 0.158. The van der Waals surface area contributed by atoms with Gasteiger partial charge in [0, 0.05) is 0 Å². The Kier molecular flexibility index (Phi) is 2.06. The number of halogens is 1. The van der Waals surface area contributed by atoms with Crippen molar-refractivity contribution in [3.05, 3.63) is 34.6 Å². The second-order valence-electron chi connectivity index (χ2n) is 2.97. The van der Waals surface area contributed by atoms with E-state index in [1.165, 1.54) is 0 Å². The summed E-state index contributed by atoms with van der Waals surface area (Å²) in [6.07, 6.45) is 0. The van der Waals surface area contributed by atoms with E-state index in [2.05, 4.69) is 9.97 Å². The molecule has 68 valence electrons. The average Bonchev–Trinajstić information content (AvgIpc) is 2.16.